The third-order valence-corrected chi connectivity index (χ3v) is 7.24. The molecule has 1 N–H and O–H groups in total. The van der Waals surface area contributed by atoms with Crippen molar-refractivity contribution in [3.63, 3.8) is 0 Å². The zero-order valence-corrected chi connectivity index (χ0v) is 23.9. The van der Waals surface area contributed by atoms with Crippen molar-refractivity contribution in [1.82, 2.24) is 10.2 Å². The lowest BCUT2D eigenvalue weighted by molar-refractivity contribution is -0.126. The van der Waals surface area contributed by atoms with E-state index in [0.29, 0.717) is 40.6 Å². The van der Waals surface area contributed by atoms with Crippen LogP contribution in [0.25, 0.3) is 0 Å². The van der Waals surface area contributed by atoms with Crippen molar-refractivity contribution in [2.24, 2.45) is 5.92 Å². The SMILES string of the molecule is CC(C)(C)OC(=O)N1CC(CN2C(=O)[C@H](CCNC(=O)OCc3ccccc3)Oc3cc(Br)c(Cl)cc32)C1. The predicted octanol–water partition coefficient (Wildman–Crippen LogP) is 5.38. The Morgan fingerprint density at radius 2 is 1.89 bits per heavy atom. The van der Waals surface area contributed by atoms with Gasteiger partial charge < -0.3 is 29.3 Å². The van der Waals surface area contributed by atoms with Crippen LogP contribution in [0.3, 0.4) is 0 Å². The van der Waals surface area contributed by atoms with Gasteiger partial charge in [0.1, 0.15) is 18.0 Å². The number of anilines is 1. The number of rotatable bonds is 7. The van der Waals surface area contributed by atoms with E-state index in [1.807, 2.05) is 51.1 Å². The molecule has 0 aliphatic carbocycles. The van der Waals surface area contributed by atoms with Crippen LogP contribution >= 0.6 is 27.5 Å². The van der Waals surface area contributed by atoms with Crippen LogP contribution in [0.1, 0.15) is 32.8 Å². The molecule has 2 heterocycles. The molecule has 3 amide bonds. The molecule has 0 spiro atoms. The van der Waals surface area contributed by atoms with Crippen molar-refractivity contribution in [3.8, 4) is 5.75 Å². The molecule has 0 saturated carbocycles. The Kier molecular flexibility index (Phi) is 8.72. The molecule has 2 aliphatic heterocycles. The van der Waals surface area contributed by atoms with Gasteiger partial charge in [0.25, 0.3) is 5.91 Å². The number of fused-ring (bicyclic) bond motifs is 1. The number of halogens is 2. The first kappa shape index (κ1) is 28.0. The molecule has 2 aromatic carbocycles. The second kappa shape index (κ2) is 11.8. The number of alkyl carbamates (subject to hydrolysis) is 1. The molecule has 11 heteroatoms. The van der Waals surface area contributed by atoms with E-state index in [1.165, 1.54) is 0 Å². The molecule has 9 nitrogen and oxygen atoms in total. The maximum Gasteiger partial charge on any atom is 0.410 e. The van der Waals surface area contributed by atoms with Crippen molar-refractivity contribution in [1.29, 1.82) is 0 Å². The largest absolute Gasteiger partial charge is 0.478 e. The summed E-state index contributed by atoms with van der Waals surface area (Å²) in [6, 6.07) is 12.8. The van der Waals surface area contributed by atoms with E-state index in [4.69, 9.17) is 25.8 Å². The fourth-order valence-corrected chi connectivity index (χ4v) is 4.67. The monoisotopic (exact) mass is 607 g/mol. The van der Waals surface area contributed by atoms with E-state index in [-0.39, 0.29) is 37.5 Å². The van der Waals surface area contributed by atoms with E-state index in [2.05, 4.69) is 21.2 Å². The summed E-state index contributed by atoms with van der Waals surface area (Å²) >= 11 is 9.74. The summed E-state index contributed by atoms with van der Waals surface area (Å²) in [4.78, 5) is 41.2. The number of benzene rings is 2. The van der Waals surface area contributed by atoms with E-state index in [0.717, 1.165) is 5.56 Å². The normalized spacial score (nSPS) is 17.3. The van der Waals surface area contributed by atoms with Gasteiger partial charge in [-0.05, 0) is 54.4 Å². The van der Waals surface area contributed by atoms with Crippen molar-refractivity contribution >= 4 is 51.3 Å². The Balaban J connectivity index is 1.35. The zero-order valence-electron chi connectivity index (χ0n) is 21.5. The standard InChI is InChI=1S/C27H31BrClN3O6/c1-27(2,3)38-26(35)31-13-18(14-31)15-32-21-12-20(29)19(28)11-23(21)37-22(24(32)33)9-10-30-25(34)36-16-17-7-5-4-6-8-17/h4-8,11-12,18,22H,9-10,13-16H2,1-3H3,(H,30,34)/t22-/m0/s1. The molecule has 1 atom stereocenters. The summed E-state index contributed by atoms with van der Waals surface area (Å²) < 4.78 is 17.3. The number of nitrogens with one attached hydrogen (secondary N) is 1. The van der Waals surface area contributed by atoms with Gasteiger partial charge in [-0.2, -0.15) is 0 Å². The van der Waals surface area contributed by atoms with Gasteiger partial charge >= 0.3 is 12.2 Å². The maximum absolute atomic E-state index is 13.4. The average molecular weight is 609 g/mol. The Morgan fingerprint density at radius 1 is 1.18 bits per heavy atom. The first-order valence-corrected chi connectivity index (χ1v) is 13.6. The quantitative estimate of drug-likeness (QED) is 0.453. The first-order valence-electron chi connectivity index (χ1n) is 12.4. The highest BCUT2D eigenvalue weighted by Gasteiger charge is 2.40. The molecule has 0 radical (unpaired) electrons. The molecule has 0 bridgehead atoms. The van der Waals surface area contributed by atoms with E-state index < -0.39 is 17.8 Å². The average Bonchev–Trinajstić information content (AvgIpc) is 2.82. The minimum Gasteiger partial charge on any atom is -0.478 e. The molecule has 38 heavy (non-hydrogen) atoms. The highest BCUT2D eigenvalue weighted by atomic mass is 79.9. The number of carbonyl (C=O) groups excluding carboxylic acids is 3. The number of hydrogen-bond acceptors (Lipinski definition) is 6. The number of nitrogens with zero attached hydrogens (tertiary/aromatic N) is 2. The van der Waals surface area contributed by atoms with Gasteiger partial charge in [-0.25, -0.2) is 9.59 Å². The van der Waals surface area contributed by atoms with Gasteiger partial charge in [0.15, 0.2) is 6.10 Å². The predicted molar refractivity (Wildman–Crippen MR) is 146 cm³/mol. The molecular weight excluding hydrogens is 578 g/mol. The number of carbonyl (C=O) groups is 3. The number of likely N-dealkylation sites (tertiary alicyclic amines) is 1. The van der Waals surface area contributed by atoms with Crippen LogP contribution in [-0.4, -0.2) is 60.9 Å². The van der Waals surface area contributed by atoms with Crippen molar-refractivity contribution < 1.29 is 28.6 Å². The lowest BCUT2D eigenvalue weighted by Crippen LogP contribution is -2.57. The Bertz CT molecular complexity index is 1180. The van der Waals surface area contributed by atoms with E-state index in [9.17, 15) is 14.4 Å². The van der Waals surface area contributed by atoms with Crippen LogP contribution in [0.2, 0.25) is 5.02 Å². The minimum absolute atomic E-state index is 0.0755. The highest BCUT2D eigenvalue weighted by Crippen LogP contribution is 2.41. The summed E-state index contributed by atoms with van der Waals surface area (Å²) in [5, 5.41) is 3.13. The van der Waals surface area contributed by atoms with Crippen LogP contribution in [-0.2, 0) is 20.9 Å². The summed E-state index contributed by atoms with van der Waals surface area (Å²) in [7, 11) is 0. The summed E-state index contributed by atoms with van der Waals surface area (Å²) in [6.07, 6.45) is -1.48. The molecular formula is C27H31BrClN3O6. The number of hydrogen-bond donors (Lipinski definition) is 1. The molecule has 2 aliphatic rings. The number of amides is 3. The summed E-state index contributed by atoms with van der Waals surface area (Å²) in [5.74, 6) is 0.360. The fraction of sp³-hybridized carbons (Fsp3) is 0.444. The van der Waals surface area contributed by atoms with Crippen LogP contribution < -0.4 is 15.0 Å². The van der Waals surface area contributed by atoms with Gasteiger partial charge in [0, 0.05) is 43.0 Å². The van der Waals surface area contributed by atoms with Crippen LogP contribution in [0.5, 0.6) is 5.75 Å². The minimum atomic E-state index is -0.799. The topological polar surface area (TPSA) is 97.4 Å². The van der Waals surface area contributed by atoms with Gasteiger partial charge in [-0.1, -0.05) is 41.9 Å². The molecule has 1 fully saturated rings. The van der Waals surface area contributed by atoms with Gasteiger partial charge in [0.05, 0.1) is 10.7 Å². The second-order valence-corrected chi connectivity index (χ2v) is 11.6. The highest BCUT2D eigenvalue weighted by molar-refractivity contribution is 9.10. The molecule has 0 unspecified atom stereocenters. The summed E-state index contributed by atoms with van der Waals surface area (Å²) in [5.41, 5.74) is 0.886. The number of ether oxygens (including phenoxy) is 3. The van der Waals surface area contributed by atoms with Crippen molar-refractivity contribution in [2.45, 2.75) is 45.5 Å². The smallest absolute Gasteiger partial charge is 0.410 e. The lowest BCUT2D eigenvalue weighted by atomic mass is 9.98. The Labute approximate surface area is 235 Å². The van der Waals surface area contributed by atoms with Crippen LogP contribution in [0.15, 0.2) is 46.9 Å². The second-order valence-electron chi connectivity index (χ2n) is 10.3. The third-order valence-electron chi connectivity index (χ3n) is 6.04. The van der Waals surface area contributed by atoms with Gasteiger partial charge in [-0.15, -0.1) is 0 Å². The maximum atomic E-state index is 13.4. The first-order chi connectivity index (χ1) is 18.0. The van der Waals surface area contributed by atoms with E-state index in [1.54, 1.807) is 21.9 Å². The van der Waals surface area contributed by atoms with Crippen molar-refractivity contribution in [2.75, 3.05) is 31.1 Å². The fourth-order valence-electron chi connectivity index (χ4n) is 4.19. The molecule has 2 aromatic rings. The van der Waals surface area contributed by atoms with Crippen LogP contribution in [0.4, 0.5) is 15.3 Å². The van der Waals surface area contributed by atoms with Gasteiger partial charge in [0.2, 0.25) is 0 Å². The Morgan fingerprint density at radius 3 is 2.58 bits per heavy atom. The van der Waals surface area contributed by atoms with E-state index >= 15 is 0 Å². The Hall–Kier alpha value is -2.98. The molecule has 4 rings (SSSR count). The third kappa shape index (κ3) is 7.11. The van der Waals surface area contributed by atoms with Gasteiger partial charge in [-0.3, -0.25) is 4.79 Å². The summed E-state index contributed by atoms with van der Waals surface area (Å²) in [6.45, 7) is 7.19. The van der Waals surface area contributed by atoms with Crippen molar-refractivity contribution in [3.05, 3.63) is 57.5 Å². The molecule has 1 saturated heterocycles. The molecule has 204 valence electrons. The lowest BCUT2D eigenvalue weighted by Gasteiger charge is -2.43. The van der Waals surface area contributed by atoms with Crippen LogP contribution in [0, 0.1) is 5.92 Å². The zero-order chi connectivity index (χ0) is 27.4. The molecule has 0 aromatic heterocycles.